The van der Waals surface area contributed by atoms with Crippen LogP contribution in [0.5, 0.6) is 0 Å². The van der Waals surface area contributed by atoms with Gasteiger partial charge in [0.05, 0.1) is 42.8 Å². The first kappa shape index (κ1) is 43.0. The highest BCUT2D eigenvalue weighted by molar-refractivity contribution is 5.94. The van der Waals surface area contributed by atoms with Gasteiger partial charge >= 0.3 is 11.9 Å². The van der Waals surface area contributed by atoms with Crippen molar-refractivity contribution >= 4 is 17.9 Å². The number of quaternary nitrogens is 1. The first-order valence-electron chi connectivity index (χ1n) is 18.1. The second-order valence-corrected chi connectivity index (χ2v) is 13.8. The van der Waals surface area contributed by atoms with Crippen LogP contribution in [0, 0.1) is 11.8 Å². The molecule has 3 heterocycles. The van der Waals surface area contributed by atoms with E-state index in [-0.39, 0.29) is 61.8 Å². The molecule has 4 rings (SSSR count). The number of hydrogen-bond donors (Lipinski definition) is 10. The van der Waals surface area contributed by atoms with Crippen LogP contribution in [0.1, 0.15) is 46.0 Å². The number of carbonyl (C=O) groups is 2. The smallest absolute Gasteiger partial charge is 0.343 e. The molecule has 0 aromatic carbocycles. The lowest BCUT2D eigenvalue weighted by Gasteiger charge is -2.48. The van der Waals surface area contributed by atoms with E-state index in [9.17, 15) is 40.2 Å². The van der Waals surface area contributed by atoms with E-state index >= 15 is 0 Å². The maximum absolute atomic E-state index is 13.7. The van der Waals surface area contributed by atoms with E-state index in [1.54, 1.807) is 26.0 Å². The van der Waals surface area contributed by atoms with Crippen LogP contribution < -0.4 is 16.0 Å². The summed E-state index contributed by atoms with van der Waals surface area (Å²) in [7, 11) is 0. The average molecular weight is 768 g/mol. The van der Waals surface area contributed by atoms with Gasteiger partial charge in [-0.15, -0.1) is 6.58 Å². The normalized spacial score (nSPS) is 30.6. The molecular weight excluding hydrogens is 712 g/mol. The van der Waals surface area contributed by atoms with Crippen LogP contribution >= 0.6 is 0 Å². The van der Waals surface area contributed by atoms with Gasteiger partial charge in [-0.2, -0.15) is 0 Å². The molecule has 0 bridgehead atoms. The van der Waals surface area contributed by atoms with Crippen molar-refractivity contribution in [3.63, 3.8) is 0 Å². The van der Waals surface area contributed by atoms with E-state index < -0.39 is 73.2 Å². The monoisotopic (exact) mass is 767 g/mol. The Bertz CT molecular complexity index is 1470. The molecular formula is C36H55N4O14+. The molecule has 1 saturated carbocycles. The van der Waals surface area contributed by atoms with Crippen LogP contribution in [0.4, 0.5) is 0 Å². The first-order chi connectivity index (χ1) is 25.7. The Labute approximate surface area is 313 Å². The van der Waals surface area contributed by atoms with Crippen molar-refractivity contribution in [3.05, 3.63) is 59.7 Å². The molecule has 0 aromatic rings. The molecule has 302 valence electrons. The van der Waals surface area contributed by atoms with E-state index in [4.69, 9.17) is 34.5 Å². The summed E-state index contributed by atoms with van der Waals surface area (Å²) in [6.45, 7) is 6.62. The summed E-state index contributed by atoms with van der Waals surface area (Å²) >= 11 is 0. The molecule has 4 aliphatic rings. The summed E-state index contributed by atoms with van der Waals surface area (Å²) in [5.74, 6) is -6.71. The van der Waals surface area contributed by atoms with E-state index in [1.165, 1.54) is 18.5 Å². The second kappa shape index (κ2) is 19.8. The number of carbonyl (C=O) groups excluding carboxylic acids is 1. The summed E-state index contributed by atoms with van der Waals surface area (Å²) in [5.41, 5.74) is 6.61. The van der Waals surface area contributed by atoms with Crippen LogP contribution in [-0.4, -0.2) is 142 Å². The summed E-state index contributed by atoms with van der Waals surface area (Å²) in [6.07, 6.45) is 1.98. The number of hydrogen-bond acceptors (Lipinski definition) is 14. The Morgan fingerprint density at radius 2 is 1.91 bits per heavy atom. The van der Waals surface area contributed by atoms with E-state index in [2.05, 4.69) is 16.9 Å². The lowest BCUT2D eigenvalue weighted by atomic mass is 9.83. The number of aliphatic hydroxyl groups is 6. The third kappa shape index (κ3) is 10.5. The van der Waals surface area contributed by atoms with Gasteiger partial charge in [-0.3, -0.25) is 4.99 Å². The molecule has 18 heteroatoms. The maximum Gasteiger partial charge on any atom is 0.343 e. The second-order valence-electron chi connectivity index (χ2n) is 13.8. The minimum atomic E-state index is -2.91. The van der Waals surface area contributed by atoms with Crippen molar-refractivity contribution in [1.29, 1.82) is 0 Å². The number of aliphatic imine (C=N–C) groups is 1. The van der Waals surface area contributed by atoms with Crippen LogP contribution in [0.3, 0.4) is 0 Å². The zero-order valence-corrected chi connectivity index (χ0v) is 30.6. The predicted molar refractivity (Wildman–Crippen MR) is 189 cm³/mol. The van der Waals surface area contributed by atoms with E-state index in [1.807, 2.05) is 0 Å². The van der Waals surface area contributed by atoms with Crippen molar-refractivity contribution < 1.29 is 73.9 Å². The van der Waals surface area contributed by atoms with Crippen molar-refractivity contribution in [1.82, 2.24) is 5.32 Å². The number of carboxylic acids is 1. The lowest BCUT2D eigenvalue weighted by Crippen LogP contribution is -3.09. The molecule has 1 aliphatic carbocycles. The van der Waals surface area contributed by atoms with Crippen molar-refractivity contribution in [2.45, 2.75) is 94.8 Å². The van der Waals surface area contributed by atoms with Crippen molar-refractivity contribution in [2.24, 2.45) is 22.6 Å². The zero-order valence-electron chi connectivity index (χ0n) is 30.6. The van der Waals surface area contributed by atoms with Crippen molar-refractivity contribution in [2.75, 3.05) is 39.5 Å². The van der Waals surface area contributed by atoms with Gasteiger partial charge in [-0.25, -0.2) is 9.59 Å². The van der Waals surface area contributed by atoms with Crippen LogP contribution in [0.15, 0.2) is 64.7 Å². The number of nitrogens with one attached hydrogen (secondary N) is 2. The van der Waals surface area contributed by atoms with Crippen LogP contribution in [0.2, 0.25) is 0 Å². The predicted octanol–water partition coefficient (Wildman–Crippen LogP) is -2.34. The first-order valence-corrected chi connectivity index (χ1v) is 18.1. The lowest BCUT2D eigenvalue weighted by molar-refractivity contribution is -0.843. The molecule has 18 nitrogen and oxygen atoms in total. The zero-order chi connectivity index (χ0) is 39.6. The summed E-state index contributed by atoms with van der Waals surface area (Å²) < 4.78 is 29.4. The largest absolute Gasteiger partial charge is 0.477 e. The Hall–Kier alpha value is -3.69. The topological polar surface area (TPSA) is 277 Å². The summed E-state index contributed by atoms with van der Waals surface area (Å²) in [6, 6.07) is 0. The molecule has 54 heavy (non-hydrogen) atoms. The minimum absolute atomic E-state index is 0.0906. The van der Waals surface area contributed by atoms with Gasteiger partial charge < -0.3 is 75.4 Å². The van der Waals surface area contributed by atoms with Crippen molar-refractivity contribution in [3.8, 4) is 0 Å². The SMILES string of the molecule is C=CC1C(OC2OC(CO)C(O)C(O)(O)C2OC(C)C)OC=C(C(=O)OC2CCCC2)C1C=CC1=C(NC(N)=NCCCO)C(C(=O)O)=C[NH+](CCO)C1. The molecule has 8 unspecified atom stereocenters. The summed E-state index contributed by atoms with van der Waals surface area (Å²) in [5, 5.41) is 74.2. The van der Waals surface area contributed by atoms with Gasteiger partial charge in [0.2, 0.25) is 12.1 Å². The Morgan fingerprint density at radius 1 is 1.19 bits per heavy atom. The fourth-order valence-electron chi connectivity index (χ4n) is 6.76. The number of aliphatic hydroxyl groups excluding tert-OH is 4. The van der Waals surface area contributed by atoms with Gasteiger partial charge in [0, 0.05) is 24.6 Å². The Morgan fingerprint density at radius 3 is 2.52 bits per heavy atom. The highest BCUT2D eigenvalue weighted by Gasteiger charge is 2.57. The molecule has 3 aliphatic heterocycles. The standard InChI is InChI=1S/C36H54N4O14/c1-4-23-24(11-10-21-16-40(13-15-42)17-25(31(45)46)28(21)39-35(37)38-12-7-14-41)26(32(47)52-22-8-5-6-9-22)19-50-33(23)54-34-30(51-20(2)3)36(48,49)29(44)27(18-43)53-34/h4,10-11,17,19-20,22-24,27,29-30,33-34,41-44,48-49H,1,5-9,12-16,18H2,2-3H3,(H,45,46)(H3,37,38,39)/p+1. The number of rotatable bonds is 17. The van der Waals surface area contributed by atoms with Crippen LogP contribution in [0.25, 0.3) is 0 Å². The molecule has 0 spiro atoms. The molecule has 0 amide bonds. The van der Waals surface area contributed by atoms with Gasteiger partial charge in [0.1, 0.15) is 43.2 Å². The molecule has 11 N–H and O–H groups in total. The number of allylic oxidation sites excluding steroid dienone is 1. The number of nitrogens with zero attached hydrogens (tertiary/aromatic N) is 1. The number of guanidine groups is 1. The average Bonchev–Trinajstić information content (AvgIpc) is 3.64. The number of esters is 1. The maximum atomic E-state index is 13.7. The molecule has 2 fully saturated rings. The fourth-order valence-corrected chi connectivity index (χ4v) is 6.76. The number of ether oxygens (including phenoxy) is 5. The summed E-state index contributed by atoms with van der Waals surface area (Å²) in [4.78, 5) is 31.0. The molecule has 8 atom stereocenters. The third-order valence-electron chi connectivity index (χ3n) is 9.51. The van der Waals surface area contributed by atoms with Gasteiger partial charge in [-0.1, -0.05) is 18.2 Å². The molecule has 1 saturated heterocycles. The Balaban J connectivity index is 1.76. The van der Waals surface area contributed by atoms with E-state index in [0.29, 0.717) is 29.7 Å². The molecule has 0 radical (unpaired) electrons. The molecule has 0 aromatic heterocycles. The number of aliphatic carboxylic acids is 1. The minimum Gasteiger partial charge on any atom is -0.477 e. The van der Waals surface area contributed by atoms with Gasteiger partial charge in [0.15, 0.2) is 18.4 Å². The van der Waals surface area contributed by atoms with Gasteiger partial charge in [0.25, 0.3) is 0 Å². The fraction of sp³-hybridized carbons (Fsp3) is 0.639. The Kier molecular flexibility index (Phi) is 15.8. The quantitative estimate of drug-likeness (QED) is 0.0185. The van der Waals surface area contributed by atoms with E-state index in [0.717, 1.165) is 12.8 Å². The number of carboxylic acid groups (broad SMARTS) is 1. The van der Waals surface area contributed by atoms with Gasteiger partial charge in [-0.05, 0) is 46.0 Å². The number of nitrogens with two attached hydrogens (primary N) is 1. The highest BCUT2D eigenvalue weighted by atomic mass is 16.8. The highest BCUT2D eigenvalue weighted by Crippen LogP contribution is 2.39. The third-order valence-corrected chi connectivity index (χ3v) is 9.51. The van der Waals surface area contributed by atoms with Crippen LogP contribution in [-0.2, 0) is 33.3 Å².